The summed E-state index contributed by atoms with van der Waals surface area (Å²) in [5.74, 6) is 0.696. The Morgan fingerprint density at radius 2 is 1.95 bits per heavy atom. The van der Waals surface area contributed by atoms with Crippen molar-refractivity contribution in [1.29, 1.82) is 0 Å². The van der Waals surface area contributed by atoms with E-state index in [0.29, 0.717) is 11.5 Å². The van der Waals surface area contributed by atoms with Crippen molar-refractivity contribution in [2.24, 2.45) is 5.73 Å². The van der Waals surface area contributed by atoms with Crippen molar-refractivity contribution in [3.63, 3.8) is 0 Å². The van der Waals surface area contributed by atoms with E-state index in [2.05, 4.69) is 15.0 Å². The van der Waals surface area contributed by atoms with Gasteiger partial charge in [-0.1, -0.05) is 0 Å². The third kappa shape index (κ3) is 2.54. The van der Waals surface area contributed by atoms with Gasteiger partial charge in [0.05, 0.1) is 12.8 Å². The molecule has 3 aromatic rings. The fraction of sp³-hybridized carbons (Fsp3) is 0.0625. The molecule has 0 saturated carbocycles. The molecule has 3 rings (SSSR count). The lowest BCUT2D eigenvalue weighted by atomic mass is 10.1. The van der Waals surface area contributed by atoms with Crippen LogP contribution in [0.1, 0.15) is 10.5 Å². The third-order valence-electron chi connectivity index (χ3n) is 3.25. The van der Waals surface area contributed by atoms with Gasteiger partial charge in [0, 0.05) is 23.5 Å². The average Bonchev–Trinajstić information content (AvgIpc) is 3.01. The Morgan fingerprint density at radius 1 is 1.18 bits per heavy atom. The number of pyridine rings is 1. The molecule has 22 heavy (non-hydrogen) atoms. The van der Waals surface area contributed by atoms with Gasteiger partial charge in [-0.2, -0.15) is 0 Å². The van der Waals surface area contributed by atoms with E-state index in [-0.39, 0.29) is 5.69 Å². The largest absolute Gasteiger partial charge is 0.497 e. The highest BCUT2D eigenvalue weighted by Gasteiger charge is 2.17. The number of primary amides is 1. The number of aromatic nitrogens is 3. The number of rotatable bonds is 4. The summed E-state index contributed by atoms with van der Waals surface area (Å²) in [6.45, 7) is 0. The van der Waals surface area contributed by atoms with Gasteiger partial charge in [-0.15, -0.1) is 0 Å². The quantitative estimate of drug-likeness (QED) is 0.771. The van der Waals surface area contributed by atoms with Crippen molar-refractivity contribution in [3.05, 3.63) is 54.5 Å². The van der Waals surface area contributed by atoms with Crippen LogP contribution in [-0.4, -0.2) is 28.0 Å². The highest BCUT2D eigenvalue weighted by Crippen LogP contribution is 2.27. The molecule has 2 heterocycles. The molecule has 0 bridgehead atoms. The Balaban J connectivity index is 2.09. The predicted octanol–water partition coefficient (Wildman–Crippen LogP) is 2.25. The molecule has 0 aliphatic rings. The van der Waals surface area contributed by atoms with Gasteiger partial charge in [0.1, 0.15) is 11.6 Å². The van der Waals surface area contributed by atoms with Crippen LogP contribution in [0.5, 0.6) is 5.75 Å². The number of amides is 1. The smallest absolute Gasteiger partial charge is 0.269 e. The number of ether oxygens (including phenoxy) is 1. The van der Waals surface area contributed by atoms with Crippen LogP contribution in [0.15, 0.2) is 48.8 Å². The number of carbonyl (C=O) groups is 1. The molecule has 0 saturated heterocycles. The van der Waals surface area contributed by atoms with E-state index in [1.807, 2.05) is 30.3 Å². The predicted molar refractivity (Wildman–Crippen MR) is 82.3 cm³/mol. The molecule has 2 aromatic heterocycles. The summed E-state index contributed by atoms with van der Waals surface area (Å²) in [4.78, 5) is 23.1. The highest BCUT2D eigenvalue weighted by molar-refractivity contribution is 5.98. The summed E-state index contributed by atoms with van der Waals surface area (Å²) in [5.41, 5.74) is 7.80. The van der Waals surface area contributed by atoms with Crippen LogP contribution in [0.3, 0.4) is 0 Å². The molecule has 0 aliphatic carbocycles. The normalized spacial score (nSPS) is 10.4. The molecule has 1 amide bonds. The minimum Gasteiger partial charge on any atom is -0.497 e. The van der Waals surface area contributed by atoms with Gasteiger partial charge < -0.3 is 15.5 Å². The standard InChI is InChI=1S/C16H14N4O2/c1-22-12-6-4-10(5-7-12)13-14(15(17)21)20-16(19-13)11-3-2-8-18-9-11/h2-9H,1H3,(H2,17,21)(H,19,20). The van der Waals surface area contributed by atoms with Crippen LogP contribution in [0.2, 0.25) is 0 Å². The number of hydrogen-bond acceptors (Lipinski definition) is 4. The van der Waals surface area contributed by atoms with Gasteiger partial charge in [-0.05, 0) is 36.4 Å². The summed E-state index contributed by atoms with van der Waals surface area (Å²) in [6.07, 6.45) is 3.34. The zero-order valence-electron chi connectivity index (χ0n) is 11.9. The fourth-order valence-electron chi connectivity index (χ4n) is 2.16. The maximum Gasteiger partial charge on any atom is 0.269 e. The summed E-state index contributed by atoms with van der Waals surface area (Å²) in [7, 11) is 1.60. The van der Waals surface area contributed by atoms with Crippen molar-refractivity contribution in [3.8, 4) is 28.4 Å². The van der Waals surface area contributed by atoms with E-state index in [4.69, 9.17) is 10.5 Å². The Kier molecular flexibility index (Phi) is 3.57. The maximum atomic E-state index is 11.7. The molecule has 0 unspecified atom stereocenters. The number of hydrogen-bond donors (Lipinski definition) is 2. The summed E-state index contributed by atoms with van der Waals surface area (Å²) in [6, 6.07) is 11.0. The average molecular weight is 294 g/mol. The van der Waals surface area contributed by atoms with E-state index in [9.17, 15) is 4.79 Å². The molecule has 0 spiro atoms. The number of H-pyrrole nitrogens is 1. The van der Waals surface area contributed by atoms with Crippen molar-refractivity contribution in [1.82, 2.24) is 15.0 Å². The van der Waals surface area contributed by atoms with E-state index in [0.717, 1.165) is 16.9 Å². The van der Waals surface area contributed by atoms with E-state index >= 15 is 0 Å². The van der Waals surface area contributed by atoms with Crippen molar-refractivity contribution >= 4 is 5.91 Å². The molecule has 0 atom stereocenters. The number of nitrogens with one attached hydrogen (secondary N) is 1. The first kappa shape index (κ1) is 13.8. The molecule has 0 fully saturated rings. The molecule has 6 heteroatoms. The Bertz CT molecular complexity index is 795. The summed E-state index contributed by atoms with van der Waals surface area (Å²) >= 11 is 0. The maximum absolute atomic E-state index is 11.7. The van der Waals surface area contributed by atoms with Gasteiger partial charge in [0.2, 0.25) is 0 Å². The molecule has 0 radical (unpaired) electrons. The van der Waals surface area contributed by atoms with Gasteiger partial charge in [0.25, 0.3) is 5.91 Å². The van der Waals surface area contributed by atoms with Crippen LogP contribution in [0, 0.1) is 0 Å². The minimum absolute atomic E-state index is 0.198. The van der Waals surface area contributed by atoms with Crippen LogP contribution in [-0.2, 0) is 0 Å². The topological polar surface area (TPSA) is 93.9 Å². The number of nitrogens with two attached hydrogens (primary N) is 1. The van der Waals surface area contributed by atoms with Crippen LogP contribution in [0.25, 0.3) is 22.6 Å². The number of methoxy groups -OCH3 is 1. The second-order valence-corrected chi connectivity index (χ2v) is 4.64. The van der Waals surface area contributed by atoms with E-state index < -0.39 is 5.91 Å². The van der Waals surface area contributed by atoms with Crippen molar-refractivity contribution in [2.75, 3.05) is 7.11 Å². The van der Waals surface area contributed by atoms with Gasteiger partial charge in [-0.3, -0.25) is 9.78 Å². The first-order valence-corrected chi connectivity index (χ1v) is 6.63. The molecular formula is C16H14N4O2. The van der Waals surface area contributed by atoms with Crippen LogP contribution < -0.4 is 10.5 Å². The molecule has 0 aliphatic heterocycles. The fourth-order valence-corrected chi connectivity index (χ4v) is 2.16. The Morgan fingerprint density at radius 3 is 2.55 bits per heavy atom. The number of aromatic amines is 1. The molecule has 3 N–H and O–H groups in total. The SMILES string of the molecule is COc1ccc(-c2[nH]c(-c3cccnc3)nc2C(N)=O)cc1. The first-order valence-electron chi connectivity index (χ1n) is 6.63. The lowest BCUT2D eigenvalue weighted by Crippen LogP contribution is -2.12. The first-order chi connectivity index (χ1) is 10.7. The summed E-state index contributed by atoms with van der Waals surface area (Å²) < 4.78 is 5.13. The molecular weight excluding hydrogens is 280 g/mol. The van der Waals surface area contributed by atoms with Gasteiger partial charge in [-0.25, -0.2) is 4.98 Å². The van der Waals surface area contributed by atoms with Crippen LogP contribution >= 0.6 is 0 Å². The molecule has 1 aromatic carbocycles. The zero-order chi connectivity index (χ0) is 15.5. The van der Waals surface area contributed by atoms with Crippen molar-refractivity contribution in [2.45, 2.75) is 0 Å². The lowest BCUT2D eigenvalue weighted by Gasteiger charge is -2.02. The second kappa shape index (κ2) is 5.69. The molecule has 6 nitrogen and oxygen atoms in total. The van der Waals surface area contributed by atoms with Gasteiger partial charge in [0.15, 0.2) is 5.69 Å². The highest BCUT2D eigenvalue weighted by atomic mass is 16.5. The van der Waals surface area contributed by atoms with Crippen LogP contribution in [0.4, 0.5) is 0 Å². The number of carbonyl (C=O) groups excluding carboxylic acids is 1. The van der Waals surface area contributed by atoms with E-state index in [1.165, 1.54) is 0 Å². The lowest BCUT2D eigenvalue weighted by molar-refractivity contribution is 0.0997. The Labute approximate surface area is 127 Å². The van der Waals surface area contributed by atoms with Crippen molar-refractivity contribution < 1.29 is 9.53 Å². The number of imidazole rings is 1. The number of nitrogens with zero attached hydrogens (tertiary/aromatic N) is 2. The van der Waals surface area contributed by atoms with E-state index in [1.54, 1.807) is 25.6 Å². The zero-order valence-corrected chi connectivity index (χ0v) is 11.9. The minimum atomic E-state index is -0.586. The monoisotopic (exact) mass is 294 g/mol. The van der Waals surface area contributed by atoms with Gasteiger partial charge >= 0.3 is 0 Å². The summed E-state index contributed by atoms with van der Waals surface area (Å²) in [5, 5.41) is 0. The third-order valence-corrected chi connectivity index (χ3v) is 3.25. The Hall–Kier alpha value is -3.15. The number of benzene rings is 1. The second-order valence-electron chi connectivity index (χ2n) is 4.64. The molecule has 110 valence electrons.